The summed E-state index contributed by atoms with van der Waals surface area (Å²) >= 11 is 1.18. The van der Waals surface area contributed by atoms with E-state index in [-0.39, 0.29) is 37.0 Å². The number of nitrogens with one attached hydrogen (secondary N) is 1. The molecule has 2 aromatic rings. The van der Waals surface area contributed by atoms with Crippen molar-refractivity contribution in [1.82, 2.24) is 4.90 Å². The summed E-state index contributed by atoms with van der Waals surface area (Å²) in [5.41, 5.74) is 1.24. The van der Waals surface area contributed by atoms with Crippen LogP contribution in [-0.4, -0.2) is 56.5 Å². The number of anilines is 1. The number of carbonyl (C=O) groups is 3. The van der Waals surface area contributed by atoms with E-state index >= 15 is 0 Å². The third-order valence-electron chi connectivity index (χ3n) is 4.11. The zero-order valence-electron chi connectivity index (χ0n) is 15.3. The van der Waals surface area contributed by atoms with Gasteiger partial charge >= 0.3 is 5.97 Å². The van der Waals surface area contributed by atoms with Crippen molar-refractivity contribution in [2.24, 2.45) is 4.99 Å². The van der Waals surface area contributed by atoms with Crippen molar-refractivity contribution in [3.05, 3.63) is 60.2 Å². The summed E-state index contributed by atoms with van der Waals surface area (Å²) < 4.78 is 0. The summed E-state index contributed by atoms with van der Waals surface area (Å²) in [6.45, 7) is -0.110. The van der Waals surface area contributed by atoms with Gasteiger partial charge < -0.3 is 15.5 Å². The zero-order chi connectivity index (χ0) is 20.8. The molecular weight excluding hydrogens is 394 g/mol. The van der Waals surface area contributed by atoms with Gasteiger partial charge in [-0.2, -0.15) is 0 Å². The number of para-hydroxylation sites is 1. The molecule has 0 aromatic heterocycles. The van der Waals surface area contributed by atoms with Gasteiger partial charge in [0.2, 0.25) is 11.8 Å². The molecule has 1 unspecified atom stereocenters. The van der Waals surface area contributed by atoms with Gasteiger partial charge in [0, 0.05) is 12.1 Å². The minimum atomic E-state index is -1.05. The number of carbonyl (C=O) groups excluding carboxylic acids is 2. The predicted octanol–water partition coefficient (Wildman–Crippen LogP) is 2.34. The molecule has 1 atom stereocenters. The van der Waals surface area contributed by atoms with Crippen molar-refractivity contribution < 1.29 is 24.6 Å². The van der Waals surface area contributed by atoms with E-state index in [0.29, 0.717) is 16.5 Å². The Balaban J connectivity index is 1.68. The summed E-state index contributed by atoms with van der Waals surface area (Å²) in [6.07, 6.45) is -0.0695. The number of carboxylic acids is 1. The first kappa shape index (κ1) is 20.6. The first-order chi connectivity index (χ1) is 14.0. The molecule has 1 aliphatic heterocycles. The number of carboxylic acid groups (broad SMARTS) is 1. The first-order valence-electron chi connectivity index (χ1n) is 8.84. The number of rotatable bonds is 7. The highest BCUT2D eigenvalue weighted by atomic mass is 32.2. The van der Waals surface area contributed by atoms with Crippen LogP contribution in [0.5, 0.6) is 0 Å². The lowest BCUT2D eigenvalue weighted by atomic mass is 10.2. The largest absolute Gasteiger partial charge is 0.478 e. The van der Waals surface area contributed by atoms with Crippen molar-refractivity contribution in [3.8, 4) is 0 Å². The van der Waals surface area contributed by atoms with Crippen LogP contribution < -0.4 is 5.32 Å². The molecule has 1 saturated heterocycles. The lowest BCUT2D eigenvalue weighted by Gasteiger charge is -2.14. The standard InChI is InChI=1S/C20H19N3O5S/c24-11-10-23-18(26)16(29-20(23)22-14-4-2-1-3-5-14)12-17(25)21-15-8-6-13(7-9-15)19(27)28/h1-9,16,24H,10-12H2,(H,21,25)(H,27,28). The van der Waals surface area contributed by atoms with E-state index in [9.17, 15) is 19.5 Å². The molecule has 0 spiro atoms. The van der Waals surface area contributed by atoms with E-state index < -0.39 is 11.2 Å². The Morgan fingerprint density at radius 3 is 2.41 bits per heavy atom. The van der Waals surface area contributed by atoms with Gasteiger partial charge in [-0.15, -0.1) is 0 Å². The second-order valence-electron chi connectivity index (χ2n) is 6.18. The van der Waals surface area contributed by atoms with Gasteiger partial charge in [-0.05, 0) is 36.4 Å². The second kappa shape index (κ2) is 9.35. The van der Waals surface area contributed by atoms with Gasteiger partial charge in [0.25, 0.3) is 0 Å². The number of thioether (sulfide) groups is 1. The van der Waals surface area contributed by atoms with E-state index in [1.165, 1.54) is 40.9 Å². The minimum absolute atomic E-state index is 0.0695. The molecule has 1 heterocycles. The Hall–Kier alpha value is -3.17. The molecule has 8 nitrogen and oxygen atoms in total. The summed E-state index contributed by atoms with van der Waals surface area (Å²) in [7, 11) is 0. The Kier molecular flexibility index (Phi) is 6.63. The number of amides is 2. The molecule has 150 valence electrons. The number of aromatic carboxylic acids is 1. The number of β-amino-alcohol motifs (C(OH)–C–C–N with tert-alkyl or cyclic N) is 1. The van der Waals surface area contributed by atoms with E-state index in [4.69, 9.17) is 5.11 Å². The Bertz CT molecular complexity index is 931. The fourth-order valence-corrected chi connectivity index (χ4v) is 3.90. The van der Waals surface area contributed by atoms with Crippen LogP contribution in [0.4, 0.5) is 11.4 Å². The van der Waals surface area contributed by atoms with Crippen LogP contribution in [-0.2, 0) is 9.59 Å². The van der Waals surface area contributed by atoms with E-state index in [0.717, 1.165) is 0 Å². The van der Waals surface area contributed by atoms with Crippen molar-refractivity contribution in [2.45, 2.75) is 11.7 Å². The molecule has 1 fully saturated rings. The minimum Gasteiger partial charge on any atom is -0.478 e. The van der Waals surface area contributed by atoms with Crippen LogP contribution in [0.1, 0.15) is 16.8 Å². The molecule has 0 aliphatic carbocycles. The number of aliphatic imine (C=N–C) groups is 1. The third-order valence-corrected chi connectivity index (χ3v) is 5.29. The lowest BCUT2D eigenvalue weighted by Crippen LogP contribution is -2.35. The maximum Gasteiger partial charge on any atom is 0.335 e. The number of hydrogen-bond acceptors (Lipinski definition) is 6. The highest BCUT2D eigenvalue weighted by Crippen LogP contribution is 2.31. The Labute approximate surface area is 171 Å². The van der Waals surface area contributed by atoms with Crippen LogP contribution in [0, 0.1) is 0 Å². The fourth-order valence-electron chi connectivity index (χ4n) is 2.72. The average Bonchev–Trinajstić information content (AvgIpc) is 2.98. The van der Waals surface area contributed by atoms with E-state index in [2.05, 4.69) is 10.3 Å². The maximum absolute atomic E-state index is 12.7. The molecule has 3 rings (SSSR count). The molecule has 3 N–H and O–H groups in total. The van der Waals surface area contributed by atoms with Crippen LogP contribution >= 0.6 is 11.8 Å². The summed E-state index contributed by atoms with van der Waals surface area (Å²) in [4.78, 5) is 41.8. The molecule has 0 bridgehead atoms. The number of amidine groups is 1. The van der Waals surface area contributed by atoms with Crippen LogP contribution in [0.3, 0.4) is 0 Å². The Morgan fingerprint density at radius 1 is 1.10 bits per heavy atom. The van der Waals surface area contributed by atoms with Crippen LogP contribution in [0.15, 0.2) is 59.6 Å². The third kappa shape index (κ3) is 5.21. The summed E-state index contributed by atoms with van der Waals surface area (Å²) in [5.74, 6) is -1.70. The highest BCUT2D eigenvalue weighted by Gasteiger charge is 2.38. The number of benzene rings is 2. The predicted molar refractivity (Wildman–Crippen MR) is 110 cm³/mol. The zero-order valence-corrected chi connectivity index (χ0v) is 16.1. The maximum atomic E-state index is 12.7. The van der Waals surface area contributed by atoms with Crippen LogP contribution in [0.25, 0.3) is 0 Å². The number of hydrogen-bond donors (Lipinski definition) is 3. The molecule has 2 amide bonds. The van der Waals surface area contributed by atoms with E-state index in [1.54, 1.807) is 12.1 Å². The number of aliphatic hydroxyl groups is 1. The van der Waals surface area contributed by atoms with Crippen molar-refractivity contribution in [1.29, 1.82) is 0 Å². The summed E-state index contributed by atoms with van der Waals surface area (Å²) in [6, 6.07) is 14.9. The lowest BCUT2D eigenvalue weighted by molar-refractivity contribution is -0.128. The molecular formula is C20H19N3O5S. The SMILES string of the molecule is O=C(CC1SC(=Nc2ccccc2)N(CCO)C1=O)Nc1ccc(C(=O)O)cc1. The topological polar surface area (TPSA) is 119 Å². The average molecular weight is 413 g/mol. The molecule has 29 heavy (non-hydrogen) atoms. The van der Waals surface area contributed by atoms with Crippen molar-refractivity contribution >= 4 is 46.1 Å². The van der Waals surface area contributed by atoms with Gasteiger partial charge in [0.1, 0.15) is 5.25 Å². The summed E-state index contributed by atoms with van der Waals surface area (Å²) in [5, 5.41) is 20.6. The molecule has 2 aromatic carbocycles. The van der Waals surface area contributed by atoms with Crippen molar-refractivity contribution in [3.63, 3.8) is 0 Å². The number of aliphatic hydroxyl groups excluding tert-OH is 1. The smallest absolute Gasteiger partial charge is 0.335 e. The van der Waals surface area contributed by atoms with Gasteiger partial charge in [-0.1, -0.05) is 30.0 Å². The van der Waals surface area contributed by atoms with Crippen molar-refractivity contribution in [2.75, 3.05) is 18.5 Å². The second-order valence-corrected chi connectivity index (χ2v) is 7.35. The van der Waals surface area contributed by atoms with E-state index in [1.807, 2.05) is 18.2 Å². The number of nitrogens with zero attached hydrogens (tertiary/aromatic N) is 2. The van der Waals surface area contributed by atoms with Gasteiger partial charge in [0.05, 0.1) is 24.4 Å². The quantitative estimate of drug-likeness (QED) is 0.641. The van der Waals surface area contributed by atoms with Crippen LogP contribution in [0.2, 0.25) is 0 Å². The highest BCUT2D eigenvalue weighted by molar-refractivity contribution is 8.15. The fraction of sp³-hybridized carbons (Fsp3) is 0.200. The molecule has 9 heteroatoms. The first-order valence-corrected chi connectivity index (χ1v) is 9.71. The molecule has 1 aliphatic rings. The molecule has 0 radical (unpaired) electrons. The normalized spacial score (nSPS) is 17.6. The van der Waals surface area contributed by atoms with Gasteiger partial charge in [-0.3, -0.25) is 14.5 Å². The Morgan fingerprint density at radius 2 is 1.79 bits per heavy atom. The monoisotopic (exact) mass is 413 g/mol. The van der Waals surface area contributed by atoms with Gasteiger partial charge in [-0.25, -0.2) is 9.79 Å². The molecule has 0 saturated carbocycles. The van der Waals surface area contributed by atoms with Gasteiger partial charge in [0.15, 0.2) is 5.17 Å².